The van der Waals surface area contributed by atoms with Gasteiger partial charge in [0.25, 0.3) is 0 Å². The summed E-state index contributed by atoms with van der Waals surface area (Å²) >= 11 is 0. The Kier molecular flexibility index (Phi) is 6.18. The molecule has 3 nitrogen and oxygen atoms in total. The largest absolute Gasteiger partial charge is 0.394 e. The van der Waals surface area contributed by atoms with Crippen molar-refractivity contribution >= 4 is 5.69 Å². The van der Waals surface area contributed by atoms with Crippen LogP contribution in [0.4, 0.5) is 14.5 Å². The monoisotopic (exact) mass is 272 g/mol. The van der Waals surface area contributed by atoms with E-state index in [0.717, 1.165) is 13.0 Å². The number of nitrogens with zero attached hydrogens (tertiary/aromatic N) is 1. The minimum Gasteiger partial charge on any atom is -0.394 e. The summed E-state index contributed by atoms with van der Waals surface area (Å²) < 4.78 is 28.0. The van der Waals surface area contributed by atoms with Gasteiger partial charge in [-0.1, -0.05) is 6.92 Å². The number of halogens is 2. The van der Waals surface area contributed by atoms with Crippen LogP contribution in [-0.4, -0.2) is 31.3 Å². The first-order chi connectivity index (χ1) is 9.01. The van der Waals surface area contributed by atoms with Crippen molar-refractivity contribution in [3.8, 4) is 0 Å². The third-order valence-electron chi connectivity index (χ3n) is 3.11. The van der Waals surface area contributed by atoms with Crippen molar-refractivity contribution in [2.45, 2.75) is 32.9 Å². The van der Waals surface area contributed by atoms with Gasteiger partial charge in [0.05, 0.1) is 6.61 Å². The standard InChI is InChI=1S/C14H22F2N2O/c1-4-5-17-8-11-6-12(15)14(13(16)7-11)18(3)10(2)9-19/h6-7,10,17,19H,4-5,8-9H2,1-3H3. The Hall–Kier alpha value is -1.20. The van der Waals surface area contributed by atoms with E-state index in [4.69, 9.17) is 5.11 Å². The third kappa shape index (κ3) is 4.14. The van der Waals surface area contributed by atoms with Gasteiger partial charge in [0.1, 0.15) is 17.3 Å². The molecule has 1 aromatic carbocycles. The quantitative estimate of drug-likeness (QED) is 0.748. The predicted molar refractivity (Wildman–Crippen MR) is 73.3 cm³/mol. The van der Waals surface area contributed by atoms with Crippen molar-refractivity contribution in [3.05, 3.63) is 29.3 Å². The number of anilines is 1. The molecule has 0 saturated heterocycles. The maximum Gasteiger partial charge on any atom is 0.149 e. The van der Waals surface area contributed by atoms with Crippen LogP contribution in [0.1, 0.15) is 25.8 Å². The minimum absolute atomic E-state index is 0.0965. The molecule has 0 aliphatic carbocycles. The number of aliphatic hydroxyl groups excluding tert-OH is 1. The summed E-state index contributed by atoms with van der Waals surface area (Å²) in [5, 5.41) is 12.2. The Balaban J connectivity index is 2.91. The number of rotatable bonds is 7. The van der Waals surface area contributed by atoms with E-state index in [1.807, 2.05) is 6.92 Å². The van der Waals surface area contributed by atoms with E-state index in [9.17, 15) is 8.78 Å². The summed E-state index contributed by atoms with van der Waals surface area (Å²) in [4.78, 5) is 1.41. The van der Waals surface area contributed by atoms with Gasteiger partial charge in [-0.2, -0.15) is 0 Å². The highest BCUT2D eigenvalue weighted by atomic mass is 19.1. The third-order valence-corrected chi connectivity index (χ3v) is 3.11. The van der Waals surface area contributed by atoms with Gasteiger partial charge in [-0.05, 0) is 37.6 Å². The average Bonchev–Trinajstić information content (AvgIpc) is 2.37. The first-order valence-corrected chi connectivity index (χ1v) is 6.53. The number of nitrogens with one attached hydrogen (secondary N) is 1. The van der Waals surface area contributed by atoms with Crippen LogP contribution in [0.15, 0.2) is 12.1 Å². The second-order valence-corrected chi connectivity index (χ2v) is 4.73. The first kappa shape index (κ1) is 15.9. The SMILES string of the molecule is CCCNCc1cc(F)c(N(C)C(C)CO)c(F)c1. The molecule has 108 valence electrons. The molecule has 1 atom stereocenters. The molecule has 0 heterocycles. The maximum atomic E-state index is 14.0. The van der Waals surface area contributed by atoms with Crippen LogP contribution in [0.2, 0.25) is 0 Å². The Morgan fingerprint density at radius 2 is 1.89 bits per heavy atom. The zero-order chi connectivity index (χ0) is 14.4. The highest BCUT2D eigenvalue weighted by Gasteiger charge is 2.18. The van der Waals surface area contributed by atoms with E-state index in [1.165, 1.54) is 17.0 Å². The maximum absolute atomic E-state index is 14.0. The van der Waals surface area contributed by atoms with Gasteiger partial charge < -0.3 is 15.3 Å². The summed E-state index contributed by atoms with van der Waals surface area (Å²) in [5.74, 6) is -1.20. The summed E-state index contributed by atoms with van der Waals surface area (Å²) in [7, 11) is 1.57. The number of hydrogen-bond donors (Lipinski definition) is 2. The highest BCUT2D eigenvalue weighted by molar-refractivity contribution is 5.50. The van der Waals surface area contributed by atoms with Crippen molar-refractivity contribution in [1.29, 1.82) is 0 Å². The molecular formula is C14H22F2N2O. The lowest BCUT2D eigenvalue weighted by Gasteiger charge is -2.26. The molecule has 0 aliphatic heterocycles. The summed E-state index contributed by atoms with van der Waals surface area (Å²) in [6.45, 7) is 4.83. The minimum atomic E-state index is -0.601. The normalized spacial score (nSPS) is 12.5. The van der Waals surface area contributed by atoms with Gasteiger partial charge in [-0.15, -0.1) is 0 Å². The molecule has 1 unspecified atom stereocenters. The highest BCUT2D eigenvalue weighted by Crippen LogP contribution is 2.25. The lowest BCUT2D eigenvalue weighted by Crippen LogP contribution is -2.33. The van der Waals surface area contributed by atoms with Gasteiger partial charge in [-0.3, -0.25) is 0 Å². The van der Waals surface area contributed by atoms with Crippen LogP contribution >= 0.6 is 0 Å². The zero-order valence-electron chi connectivity index (χ0n) is 11.7. The molecule has 1 rings (SSSR count). The first-order valence-electron chi connectivity index (χ1n) is 6.53. The molecule has 0 aromatic heterocycles. The van der Waals surface area contributed by atoms with E-state index >= 15 is 0 Å². The second-order valence-electron chi connectivity index (χ2n) is 4.73. The predicted octanol–water partition coefficient (Wildman–Crippen LogP) is 2.28. The Bertz CT molecular complexity index is 389. The van der Waals surface area contributed by atoms with Gasteiger partial charge >= 0.3 is 0 Å². The van der Waals surface area contributed by atoms with Crippen molar-refractivity contribution in [2.75, 3.05) is 25.1 Å². The molecule has 5 heteroatoms. The molecular weight excluding hydrogens is 250 g/mol. The van der Waals surface area contributed by atoms with Crippen LogP contribution in [0, 0.1) is 11.6 Å². The molecule has 0 spiro atoms. The van der Waals surface area contributed by atoms with Gasteiger partial charge in [0, 0.05) is 19.6 Å². The van der Waals surface area contributed by atoms with Crippen LogP contribution < -0.4 is 10.2 Å². The lowest BCUT2D eigenvalue weighted by molar-refractivity contribution is 0.269. The fourth-order valence-corrected chi connectivity index (χ4v) is 1.81. The molecule has 0 bridgehead atoms. The topological polar surface area (TPSA) is 35.5 Å². The van der Waals surface area contributed by atoms with E-state index < -0.39 is 11.6 Å². The number of benzene rings is 1. The van der Waals surface area contributed by atoms with Crippen molar-refractivity contribution in [2.24, 2.45) is 0 Å². The van der Waals surface area contributed by atoms with Gasteiger partial charge in [0.2, 0.25) is 0 Å². The molecule has 19 heavy (non-hydrogen) atoms. The zero-order valence-corrected chi connectivity index (χ0v) is 11.7. The fraction of sp³-hybridized carbons (Fsp3) is 0.571. The van der Waals surface area contributed by atoms with Crippen LogP contribution in [-0.2, 0) is 6.54 Å². The molecule has 2 N–H and O–H groups in total. The Labute approximate surface area is 113 Å². The van der Waals surface area contributed by atoms with Crippen LogP contribution in [0.5, 0.6) is 0 Å². The van der Waals surface area contributed by atoms with Gasteiger partial charge in [0.15, 0.2) is 0 Å². The number of likely N-dealkylation sites (N-methyl/N-ethyl adjacent to an activating group) is 1. The Morgan fingerprint density at radius 3 is 2.37 bits per heavy atom. The molecule has 0 saturated carbocycles. The van der Waals surface area contributed by atoms with Crippen molar-refractivity contribution < 1.29 is 13.9 Å². The van der Waals surface area contributed by atoms with E-state index in [2.05, 4.69) is 5.32 Å². The summed E-state index contributed by atoms with van der Waals surface area (Å²) in [5.41, 5.74) is 0.484. The number of aliphatic hydroxyl groups is 1. The average molecular weight is 272 g/mol. The van der Waals surface area contributed by atoms with E-state index in [-0.39, 0.29) is 18.3 Å². The fourth-order valence-electron chi connectivity index (χ4n) is 1.81. The smallest absolute Gasteiger partial charge is 0.149 e. The molecule has 0 aliphatic rings. The molecule has 0 amide bonds. The molecule has 0 fully saturated rings. The lowest BCUT2D eigenvalue weighted by atomic mass is 10.1. The van der Waals surface area contributed by atoms with E-state index in [1.54, 1.807) is 14.0 Å². The van der Waals surface area contributed by atoms with Crippen LogP contribution in [0.25, 0.3) is 0 Å². The summed E-state index contributed by atoms with van der Waals surface area (Å²) in [6, 6.07) is 2.33. The summed E-state index contributed by atoms with van der Waals surface area (Å²) in [6.07, 6.45) is 0.972. The molecule has 1 aromatic rings. The second kappa shape index (κ2) is 7.40. The van der Waals surface area contributed by atoms with Crippen molar-refractivity contribution in [3.63, 3.8) is 0 Å². The Morgan fingerprint density at radius 1 is 1.32 bits per heavy atom. The molecule has 0 radical (unpaired) electrons. The number of hydrogen-bond acceptors (Lipinski definition) is 3. The van der Waals surface area contributed by atoms with Crippen LogP contribution in [0.3, 0.4) is 0 Å². The van der Waals surface area contributed by atoms with E-state index in [0.29, 0.717) is 12.1 Å². The van der Waals surface area contributed by atoms with Crippen molar-refractivity contribution in [1.82, 2.24) is 5.32 Å². The van der Waals surface area contributed by atoms with Gasteiger partial charge in [-0.25, -0.2) is 8.78 Å².